The average Bonchev–Trinajstić information content (AvgIpc) is 3.33. The smallest absolute Gasteiger partial charge is 0.375 e. The summed E-state index contributed by atoms with van der Waals surface area (Å²) in [5.41, 5.74) is 0.580. The number of hydrogen-bond acceptors (Lipinski definition) is 5. The van der Waals surface area contributed by atoms with Crippen LogP contribution in [0.2, 0.25) is 0 Å². The topological polar surface area (TPSA) is 77.8 Å². The molecule has 0 spiro atoms. The Labute approximate surface area is 146 Å². The number of benzene rings is 1. The van der Waals surface area contributed by atoms with Crippen molar-refractivity contribution in [2.45, 2.75) is 37.8 Å². The van der Waals surface area contributed by atoms with Crippen molar-refractivity contribution >= 4 is 11.9 Å². The van der Waals surface area contributed by atoms with Crippen molar-refractivity contribution in [1.82, 2.24) is 5.32 Å². The van der Waals surface area contributed by atoms with Gasteiger partial charge in [-0.05, 0) is 37.1 Å². The Morgan fingerprint density at radius 1 is 1.16 bits per heavy atom. The molecule has 1 N–H and O–H groups in total. The third-order valence-electron chi connectivity index (χ3n) is 4.31. The lowest BCUT2D eigenvalue weighted by Crippen LogP contribution is -2.38. The van der Waals surface area contributed by atoms with Crippen molar-refractivity contribution < 1.29 is 23.5 Å². The minimum Gasteiger partial charge on any atom is -0.497 e. The number of amides is 1. The molecule has 1 heterocycles. The first-order chi connectivity index (χ1) is 12.2. The quantitative estimate of drug-likeness (QED) is 0.815. The van der Waals surface area contributed by atoms with Crippen molar-refractivity contribution in [1.29, 1.82) is 0 Å². The number of methoxy groups -OCH3 is 1. The molecule has 1 aliphatic carbocycles. The first kappa shape index (κ1) is 17.1. The lowest BCUT2D eigenvalue weighted by Gasteiger charge is -2.20. The van der Waals surface area contributed by atoms with Gasteiger partial charge in [-0.1, -0.05) is 25.0 Å². The molecule has 132 valence electrons. The van der Waals surface area contributed by atoms with E-state index in [0.717, 1.165) is 25.7 Å². The van der Waals surface area contributed by atoms with Gasteiger partial charge in [0.05, 0.1) is 13.4 Å². The van der Waals surface area contributed by atoms with E-state index in [0.29, 0.717) is 11.3 Å². The molecule has 3 rings (SSSR count). The van der Waals surface area contributed by atoms with E-state index in [2.05, 4.69) is 5.32 Å². The zero-order chi connectivity index (χ0) is 17.6. The minimum absolute atomic E-state index is 0.0622. The lowest BCUT2D eigenvalue weighted by molar-refractivity contribution is -0.131. The number of ether oxygens (including phenoxy) is 2. The third kappa shape index (κ3) is 4.21. The molecule has 1 aliphatic rings. The van der Waals surface area contributed by atoms with E-state index >= 15 is 0 Å². The number of nitrogens with one attached hydrogen (secondary N) is 1. The number of carbonyl (C=O) groups excluding carboxylic acids is 2. The fourth-order valence-electron chi connectivity index (χ4n) is 2.96. The van der Waals surface area contributed by atoms with E-state index < -0.39 is 12.1 Å². The summed E-state index contributed by atoms with van der Waals surface area (Å²) in [5.74, 6) is -0.271. The highest BCUT2D eigenvalue weighted by molar-refractivity contribution is 5.90. The van der Waals surface area contributed by atoms with Crippen LogP contribution in [0.25, 0.3) is 0 Å². The highest BCUT2D eigenvalue weighted by Gasteiger charge is 2.29. The van der Waals surface area contributed by atoms with Crippen molar-refractivity contribution in [2.24, 2.45) is 0 Å². The molecule has 6 nitrogen and oxygen atoms in total. The fraction of sp³-hybridized carbons (Fsp3) is 0.368. The maximum atomic E-state index is 12.7. The Bertz CT molecular complexity index is 702. The standard InChI is InChI=1S/C19H21NO5/c1-23-15-10-8-13(9-11-15)17(18(21)20-14-5-2-3-6-14)25-19(22)16-7-4-12-24-16/h4,7-12,14,17H,2-3,5-6H2,1H3,(H,20,21)/t17-/m0/s1. The van der Waals surface area contributed by atoms with Gasteiger partial charge in [-0.25, -0.2) is 4.79 Å². The molecule has 1 aromatic carbocycles. The number of esters is 1. The highest BCUT2D eigenvalue weighted by atomic mass is 16.6. The summed E-state index contributed by atoms with van der Waals surface area (Å²) in [4.78, 5) is 24.9. The first-order valence-corrected chi connectivity index (χ1v) is 8.36. The molecule has 0 radical (unpaired) electrons. The van der Waals surface area contributed by atoms with Crippen molar-refractivity contribution in [3.8, 4) is 5.75 Å². The zero-order valence-corrected chi connectivity index (χ0v) is 14.1. The number of furan rings is 1. The van der Waals surface area contributed by atoms with Crippen LogP contribution in [0, 0.1) is 0 Å². The van der Waals surface area contributed by atoms with Gasteiger partial charge in [0.15, 0.2) is 0 Å². The SMILES string of the molecule is COc1ccc([C@H](OC(=O)c2ccco2)C(=O)NC2CCCC2)cc1. The van der Waals surface area contributed by atoms with E-state index in [1.807, 2.05) is 0 Å². The van der Waals surface area contributed by atoms with Crippen LogP contribution < -0.4 is 10.1 Å². The molecule has 1 saturated carbocycles. The molecular weight excluding hydrogens is 322 g/mol. The van der Waals surface area contributed by atoms with Crippen molar-refractivity contribution in [3.63, 3.8) is 0 Å². The lowest BCUT2D eigenvalue weighted by atomic mass is 10.1. The van der Waals surface area contributed by atoms with Gasteiger partial charge in [0.25, 0.3) is 5.91 Å². The second-order valence-electron chi connectivity index (χ2n) is 6.03. The van der Waals surface area contributed by atoms with Gasteiger partial charge >= 0.3 is 5.97 Å². The molecule has 0 unspecified atom stereocenters. The fourth-order valence-corrected chi connectivity index (χ4v) is 2.96. The summed E-state index contributed by atoms with van der Waals surface area (Å²) in [6.07, 6.45) is 4.45. The average molecular weight is 343 g/mol. The van der Waals surface area contributed by atoms with E-state index in [-0.39, 0.29) is 17.7 Å². The van der Waals surface area contributed by atoms with Gasteiger partial charge < -0.3 is 19.2 Å². The van der Waals surface area contributed by atoms with Crippen LogP contribution in [0.5, 0.6) is 5.75 Å². The number of rotatable bonds is 6. The Hall–Kier alpha value is -2.76. The van der Waals surface area contributed by atoms with Gasteiger partial charge in [0.1, 0.15) is 5.75 Å². The highest BCUT2D eigenvalue weighted by Crippen LogP contribution is 2.24. The molecule has 1 amide bonds. The van der Waals surface area contributed by atoms with Gasteiger partial charge in [-0.2, -0.15) is 0 Å². The van der Waals surface area contributed by atoms with Gasteiger partial charge in [0.2, 0.25) is 11.9 Å². The van der Waals surface area contributed by atoms with Gasteiger partial charge in [-0.3, -0.25) is 4.79 Å². The summed E-state index contributed by atoms with van der Waals surface area (Å²) in [7, 11) is 1.57. The predicted molar refractivity (Wildman–Crippen MR) is 90.3 cm³/mol. The minimum atomic E-state index is -1.04. The van der Waals surface area contributed by atoms with Crippen LogP contribution in [0.3, 0.4) is 0 Å². The Morgan fingerprint density at radius 3 is 2.48 bits per heavy atom. The van der Waals surface area contributed by atoms with E-state index in [1.165, 1.54) is 12.3 Å². The van der Waals surface area contributed by atoms with E-state index in [9.17, 15) is 9.59 Å². The Kier molecular flexibility index (Phi) is 5.38. The van der Waals surface area contributed by atoms with Crippen LogP contribution >= 0.6 is 0 Å². The zero-order valence-electron chi connectivity index (χ0n) is 14.1. The van der Waals surface area contributed by atoms with Crippen LogP contribution in [-0.4, -0.2) is 25.0 Å². The van der Waals surface area contributed by atoms with Crippen LogP contribution in [0.15, 0.2) is 47.1 Å². The van der Waals surface area contributed by atoms with Crippen molar-refractivity contribution in [3.05, 3.63) is 54.0 Å². The summed E-state index contributed by atoms with van der Waals surface area (Å²) < 4.78 is 15.6. The summed E-state index contributed by atoms with van der Waals surface area (Å²) >= 11 is 0. The first-order valence-electron chi connectivity index (χ1n) is 8.36. The summed E-state index contributed by atoms with van der Waals surface area (Å²) in [6.45, 7) is 0. The predicted octanol–water partition coefficient (Wildman–Crippen LogP) is 3.25. The summed E-state index contributed by atoms with van der Waals surface area (Å²) in [6, 6.07) is 10.1. The normalized spacial score (nSPS) is 15.6. The molecule has 6 heteroatoms. The number of hydrogen-bond donors (Lipinski definition) is 1. The number of carbonyl (C=O) groups is 2. The van der Waals surface area contributed by atoms with Gasteiger partial charge in [0, 0.05) is 11.6 Å². The molecular formula is C19H21NO5. The molecule has 0 saturated heterocycles. The van der Waals surface area contributed by atoms with E-state index in [1.54, 1.807) is 37.4 Å². The monoisotopic (exact) mass is 343 g/mol. The molecule has 25 heavy (non-hydrogen) atoms. The molecule has 1 aromatic heterocycles. The Morgan fingerprint density at radius 2 is 1.88 bits per heavy atom. The van der Waals surface area contributed by atoms with Gasteiger partial charge in [-0.15, -0.1) is 0 Å². The van der Waals surface area contributed by atoms with Crippen molar-refractivity contribution in [2.75, 3.05) is 7.11 Å². The molecule has 0 bridgehead atoms. The molecule has 2 aromatic rings. The molecule has 1 atom stereocenters. The largest absolute Gasteiger partial charge is 0.497 e. The van der Waals surface area contributed by atoms with E-state index in [4.69, 9.17) is 13.9 Å². The van der Waals surface area contributed by atoms with Crippen LogP contribution in [0.1, 0.15) is 47.9 Å². The van der Waals surface area contributed by atoms with Crippen LogP contribution in [0.4, 0.5) is 0 Å². The maximum Gasteiger partial charge on any atom is 0.375 e. The third-order valence-corrected chi connectivity index (χ3v) is 4.31. The Balaban J connectivity index is 1.78. The molecule has 1 fully saturated rings. The van der Waals surface area contributed by atoms with Crippen LogP contribution in [-0.2, 0) is 9.53 Å². The maximum absolute atomic E-state index is 12.7. The molecule has 0 aliphatic heterocycles. The second kappa shape index (κ2) is 7.88. The second-order valence-corrected chi connectivity index (χ2v) is 6.03. The summed E-state index contributed by atoms with van der Waals surface area (Å²) in [5, 5.41) is 2.98.